The molecule has 1 aliphatic rings. The monoisotopic (exact) mass is 280 g/mol. The van der Waals surface area contributed by atoms with Crippen LogP contribution in [0.5, 0.6) is 5.75 Å². The SMILES string of the molecule is CN1C(=O)COc2ccc(Nc3cccc(C#N)n3)cc21. The van der Waals surface area contributed by atoms with E-state index in [4.69, 9.17) is 10.00 Å². The first-order chi connectivity index (χ1) is 10.2. The Kier molecular flexibility index (Phi) is 3.16. The third-order valence-electron chi connectivity index (χ3n) is 3.18. The first-order valence-corrected chi connectivity index (χ1v) is 6.35. The minimum atomic E-state index is -0.0933. The van der Waals surface area contributed by atoms with E-state index in [0.717, 1.165) is 5.69 Å². The van der Waals surface area contributed by atoms with Crippen molar-refractivity contribution in [2.45, 2.75) is 0 Å². The number of rotatable bonds is 2. The van der Waals surface area contributed by atoms with E-state index in [2.05, 4.69) is 10.3 Å². The first kappa shape index (κ1) is 12.9. The average Bonchev–Trinajstić information content (AvgIpc) is 2.52. The number of nitrogens with one attached hydrogen (secondary N) is 1. The predicted molar refractivity (Wildman–Crippen MR) is 77.6 cm³/mol. The number of hydrogen-bond acceptors (Lipinski definition) is 5. The zero-order valence-electron chi connectivity index (χ0n) is 11.3. The molecule has 2 aromatic rings. The first-order valence-electron chi connectivity index (χ1n) is 6.35. The summed E-state index contributed by atoms with van der Waals surface area (Å²) in [5.74, 6) is 1.14. The molecule has 0 atom stereocenters. The highest BCUT2D eigenvalue weighted by atomic mass is 16.5. The van der Waals surface area contributed by atoms with Crippen LogP contribution in [0.3, 0.4) is 0 Å². The molecule has 0 saturated heterocycles. The fourth-order valence-corrected chi connectivity index (χ4v) is 2.06. The lowest BCUT2D eigenvalue weighted by Crippen LogP contribution is -2.35. The molecule has 104 valence electrons. The fourth-order valence-electron chi connectivity index (χ4n) is 2.06. The van der Waals surface area contributed by atoms with Crippen molar-refractivity contribution in [3.8, 4) is 11.8 Å². The van der Waals surface area contributed by atoms with Crippen LogP contribution in [-0.4, -0.2) is 24.5 Å². The van der Waals surface area contributed by atoms with Gasteiger partial charge in [0.25, 0.3) is 5.91 Å². The molecule has 0 bridgehead atoms. The van der Waals surface area contributed by atoms with E-state index in [-0.39, 0.29) is 12.5 Å². The molecule has 0 spiro atoms. The molecule has 0 saturated carbocycles. The molecular weight excluding hydrogens is 268 g/mol. The van der Waals surface area contributed by atoms with Gasteiger partial charge in [-0.1, -0.05) is 6.07 Å². The highest BCUT2D eigenvalue weighted by Gasteiger charge is 2.22. The number of likely N-dealkylation sites (N-methyl/N-ethyl adjacent to an activating group) is 1. The van der Waals surface area contributed by atoms with Crippen molar-refractivity contribution < 1.29 is 9.53 Å². The summed E-state index contributed by atoms with van der Waals surface area (Å²) in [7, 11) is 1.71. The van der Waals surface area contributed by atoms with E-state index in [1.165, 1.54) is 0 Å². The topological polar surface area (TPSA) is 78.2 Å². The molecule has 3 rings (SSSR count). The summed E-state index contributed by atoms with van der Waals surface area (Å²) in [4.78, 5) is 17.3. The van der Waals surface area contributed by atoms with Crippen molar-refractivity contribution in [3.63, 3.8) is 0 Å². The molecule has 2 heterocycles. The lowest BCUT2D eigenvalue weighted by molar-refractivity contribution is -0.120. The summed E-state index contributed by atoms with van der Waals surface area (Å²) in [6.07, 6.45) is 0. The molecule has 0 radical (unpaired) electrons. The van der Waals surface area contributed by atoms with Gasteiger partial charge in [0.15, 0.2) is 6.61 Å². The Hall–Kier alpha value is -3.07. The van der Waals surface area contributed by atoms with Crippen LogP contribution in [0.4, 0.5) is 17.2 Å². The van der Waals surface area contributed by atoms with Gasteiger partial charge in [0.1, 0.15) is 23.3 Å². The molecule has 1 aliphatic heterocycles. The maximum Gasteiger partial charge on any atom is 0.264 e. The van der Waals surface area contributed by atoms with Gasteiger partial charge in [-0.05, 0) is 30.3 Å². The van der Waals surface area contributed by atoms with Gasteiger partial charge in [0.05, 0.1) is 5.69 Å². The summed E-state index contributed by atoms with van der Waals surface area (Å²) in [5.41, 5.74) is 1.81. The number of fused-ring (bicyclic) bond motifs is 1. The summed E-state index contributed by atoms with van der Waals surface area (Å²) < 4.78 is 5.37. The molecule has 6 nitrogen and oxygen atoms in total. The van der Waals surface area contributed by atoms with E-state index in [0.29, 0.717) is 22.9 Å². The van der Waals surface area contributed by atoms with Crippen molar-refractivity contribution in [3.05, 3.63) is 42.1 Å². The summed E-state index contributed by atoms with van der Waals surface area (Å²) >= 11 is 0. The van der Waals surface area contributed by atoms with Crippen LogP contribution in [0, 0.1) is 11.3 Å². The lowest BCUT2D eigenvalue weighted by Gasteiger charge is -2.26. The van der Waals surface area contributed by atoms with Gasteiger partial charge in [0, 0.05) is 12.7 Å². The fraction of sp³-hybridized carbons (Fsp3) is 0.133. The van der Waals surface area contributed by atoms with Crippen molar-refractivity contribution in [2.75, 3.05) is 23.9 Å². The summed E-state index contributed by atoms with van der Waals surface area (Å²) in [6.45, 7) is 0.0576. The van der Waals surface area contributed by atoms with Gasteiger partial charge in [-0.15, -0.1) is 0 Å². The Morgan fingerprint density at radius 2 is 2.24 bits per heavy atom. The third-order valence-corrected chi connectivity index (χ3v) is 3.18. The Bertz CT molecular complexity index is 752. The molecule has 1 amide bonds. The van der Waals surface area contributed by atoms with Crippen molar-refractivity contribution in [1.82, 2.24) is 4.98 Å². The minimum Gasteiger partial charge on any atom is -0.482 e. The number of nitrogens with zero attached hydrogens (tertiary/aromatic N) is 3. The van der Waals surface area contributed by atoms with Gasteiger partial charge < -0.3 is 15.0 Å². The Morgan fingerprint density at radius 1 is 1.38 bits per heavy atom. The normalized spacial score (nSPS) is 13.1. The quantitative estimate of drug-likeness (QED) is 0.910. The number of aromatic nitrogens is 1. The molecule has 0 fully saturated rings. The van der Waals surface area contributed by atoms with E-state index in [1.807, 2.05) is 18.2 Å². The van der Waals surface area contributed by atoms with Gasteiger partial charge in [-0.3, -0.25) is 4.79 Å². The van der Waals surface area contributed by atoms with Crippen LogP contribution in [0.1, 0.15) is 5.69 Å². The zero-order chi connectivity index (χ0) is 14.8. The smallest absolute Gasteiger partial charge is 0.264 e. The molecule has 0 unspecified atom stereocenters. The second kappa shape index (κ2) is 5.13. The number of hydrogen-bond donors (Lipinski definition) is 1. The van der Waals surface area contributed by atoms with Crippen LogP contribution in [0.25, 0.3) is 0 Å². The standard InChI is InChI=1S/C15H12N4O2/c1-19-12-7-10(5-6-13(12)21-9-15(19)20)17-14-4-2-3-11(8-16)18-14/h2-7H,9H2,1H3,(H,17,18). The number of benzene rings is 1. The number of nitriles is 1. The highest BCUT2D eigenvalue weighted by molar-refractivity contribution is 5.98. The molecule has 1 aromatic heterocycles. The average molecular weight is 280 g/mol. The van der Waals surface area contributed by atoms with Crippen molar-refractivity contribution >= 4 is 23.1 Å². The van der Waals surface area contributed by atoms with Gasteiger partial charge in [-0.2, -0.15) is 5.26 Å². The number of carbonyl (C=O) groups is 1. The Morgan fingerprint density at radius 3 is 3.05 bits per heavy atom. The Labute approximate surface area is 121 Å². The molecule has 0 aliphatic carbocycles. The van der Waals surface area contributed by atoms with Crippen LogP contribution in [0.2, 0.25) is 0 Å². The highest BCUT2D eigenvalue weighted by Crippen LogP contribution is 2.34. The number of amides is 1. The van der Waals surface area contributed by atoms with E-state index < -0.39 is 0 Å². The maximum atomic E-state index is 11.6. The second-order valence-corrected chi connectivity index (χ2v) is 4.57. The largest absolute Gasteiger partial charge is 0.482 e. The van der Waals surface area contributed by atoms with Crippen LogP contribution in [0.15, 0.2) is 36.4 Å². The molecular formula is C15H12N4O2. The zero-order valence-corrected chi connectivity index (χ0v) is 11.3. The second-order valence-electron chi connectivity index (χ2n) is 4.57. The summed E-state index contributed by atoms with van der Waals surface area (Å²) in [6, 6.07) is 12.6. The van der Waals surface area contributed by atoms with Crippen molar-refractivity contribution in [1.29, 1.82) is 5.26 Å². The number of ether oxygens (including phenoxy) is 1. The van der Waals surface area contributed by atoms with Crippen LogP contribution >= 0.6 is 0 Å². The van der Waals surface area contributed by atoms with Crippen molar-refractivity contribution in [2.24, 2.45) is 0 Å². The number of pyridine rings is 1. The van der Waals surface area contributed by atoms with Crippen LogP contribution in [-0.2, 0) is 4.79 Å². The predicted octanol–water partition coefficient (Wildman–Crippen LogP) is 2.05. The van der Waals surface area contributed by atoms with Crippen LogP contribution < -0.4 is 15.0 Å². The maximum absolute atomic E-state index is 11.6. The third kappa shape index (κ3) is 2.49. The van der Waals surface area contributed by atoms with Gasteiger partial charge in [0.2, 0.25) is 0 Å². The lowest BCUT2D eigenvalue weighted by atomic mass is 10.2. The molecule has 1 aromatic carbocycles. The molecule has 6 heteroatoms. The number of anilines is 3. The van der Waals surface area contributed by atoms with E-state index in [9.17, 15) is 4.79 Å². The summed E-state index contributed by atoms with van der Waals surface area (Å²) in [5, 5.41) is 12.0. The Balaban J connectivity index is 1.90. The van der Waals surface area contributed by atoms with Gasteiger partial charge >= 0.3 is 0 Å². The molecule has 21 heavy (non-hydrogen) atoms. The minimum absolute atomic E-state index is 0.0576. The van der Waals surface area contributed by atoms with E-state index in [1.54, 1.807) is 36.2 Å². The number of carbonyl (C=O) groups excluding carboxylic acids is 1. The molecule has 1 N–H and O–H groups in total. The van der Waals surface area contributed by atoms with Gasteiger partial charge in [-0.25, -0.2) is 4.98 Å². The van der Waals surface area contributed by atoms with E-state index >= 15 is 0 Å².